The van der Waals surface area contributed by atoms with Crippen molar-refractivity contribution in [2.75, 3.05) is 44.5 Å². The Kier molecular flexibility index (Phi) is 9.56. The predicted octanol–water partition coefficient (Wildman–Crippen LogP) is 4.52. The first-order chi connectivity index (χ1) is 16.9. The smallest absolute Gasteiger partial charge is 0.320 e. The number of hydrogen-bond donors (Lipinski definition) is 2. The lowest BCUT2D eigenvalue weighted by Crippen LogP contribution is -2.27. The Balaban J connectivity index is 1.72. The van der Waals surface area contributed by atoms with Crippen molar-refractivity contribution in [3.05, 3.63) is 59.4 Å². The third-order valence-electron chi connectivity index (χ3n) is 4.85. The van der Waals surface area contributed by atoms with Crippen LogP contribution in [0.25, 0.3) is 10.9 Å². The minimum absolute atomic E-state index is 0.151. The highest BCUT2D eigenvalue weighted by molar-refractivity contribution is 9.10. The molecular weight excluding hydrogens is 514 g/mol. The number of halogens is 1. The Morgan fingerprint density at radius 3 is 2.77 bits per heavy atom. The van der Waals surface area contributed by atoms with Gasteiger partial charge in [-0.05, 0) is 37.7 Å². The van der Waals surface area contributed by atoms with Crippen LogP contribution in [0.5, 0.6) is 5.75 Å². The highest BCUT2D eigenvalue weighted by Gasteiger charge is 2.13. The lowest BCUT2D eigenvalue weighted by Gasteiger charge is -2.14. The summed E-state index contributed by atoms with van der Waals surface area (Å²) in [6, 6.07) is 11.2. The first kappa shape index (κ1) is 26.1. The van der Waals surface area contributed by atoms with Gasteiger partial charge in [0.05, 0.1) is 31.5 Å². The number of esters is 1. The number of likely N-dealkylation sites (N-methyl/N-ethyl adjacent to an activating group) is 1. The molecule has 3 aromatic rings. The van der Waals surface area contributed by atoms with Gasteiger partial charge in [0.2, 0.25) is 5.91 Å². The van der Waals surface area contributed by atoms with Crippen LogP contribution in [0.1, 0.15) is 13.3 Å². The topological polar surface area (TPSA) is 106 Å². The van der Waals surface area contributed by atoms with Gasteiger partial charge in [-0.25, -0.2) is 9.97 Å². The zero-order chi connectivity index (χ0) is 25.2. The number of amides is 1. The third kappa shape index (κ3) is 7.76. The minimum atomic E-state index is -0.331. The number of ether oxygens (including phenoxy) is 2. The second kappa shape index (κ2) is 12.8. The normalized spacial score (nSPS) is 11.1. The van der Waals surface area contributed by atoms with Gasteiger partial charge in [0.15, 0.2) is 0 Å². The quantitative estimate of drug-likeness (QED) is 0.269. The van der Waals surface area contributed by atoms with E-state index in [2.05, 4.69) is 36.5 Å². The number of fused-ring (bicyclic) bond motifs is 1. The average Bonchev–Trinajstić information content (AvgIpc) is 2.82. The highest BCUT2D eigenvalue weighted by atomic mass is 79.9. The summed E-state index contributed by atoms with van der Waals surface area (Å²) in [5.74, 6) is 0.450. The van der Waals surface area contributed by atoms with E-state index in [4.69, 9.17) is 9.47 Å². The fraction of sp³-hybridized carbons (Fsp3) is 0.280. The van der Waals surface area contributed by atoms with Crippen molar-refractivity contribution in [1.29, 1.82) is 0 Å². The SMILES string of the molecule is CCCOC(=O)CN(C)C/C=C/C(=O)Nc1cc2c(Nc3cccc(Br)c3)ncnc2cc1OC. The van der Waals surface area contributed by atoms with Gasteiger partial charge < -0.3 is 20.1 Å². The zero-order valence-electron chi connectivity index (χ0n) is 19.9. The van der Waals surface area contributed by atoms with Gasteiger partial charge in [-0.3, -0.25) is 14.5 Å². The molecule has 184 valence electrons. The van der Waals surface area contributed by atoms with Crippen molar-refractivity contribution in [2.45, 2.75) is 13.3 Å². The minimum Gasteiger partial charge on any atom is -0.494 e. The molecule has 35 heavy (non-hydrogen) atoms. The largest absolute Gasteiger partial charge is 0.494 e. The molecular formula is C25H28BrN5O4. The molecule has 0 fully saturated rings. The van der Waals surface area contributed by atoms with Crippen molar-refractivity contribution in [1.82, 2.24) is 14.9 Å². The summed E-state index contributed by atoms with van der Waals surface area (Å²) >= 11 is 3.46. The van der Waals surface area contributed by atoms with E-state index >= 15 is 0 Å². The van der Waals surface area contributed by atoms with Crippen LogP contribution >= 0.6 is 15.9 Å². The van der Waals surface area contributed by atoms with E-state index in [1.165, 1.54) is 19.5 Å². The van der Waals surface area contributed by atoms with Gasteiger partial charge in [-0.1, -0.05) is 35.0 Å². The van der Waals surface area contributed by atoms with Gasteiger partial charge in [-0.2, -0.15) is 0 Å². The fourth-order valence-corrected chi connectivity index (χ4v) is 3.61. The maximum absolute atomic E-state index is 12.6. The second-order valence-electron chi connectivity index (χ2n) is 7.74. The Morgan fingerprint density at radius 1 is 1.20 bits per heavy atom. The molecule has 2 aromatic carbocycles. The number of aromatic nitrogens is 2. The lowest BCUT2D eigenvalue weighted by atomic mass is 10.2. The van der Waals surface area contributed by atoms with Crippen LogP contribution < -0.4 is 15.4 Å². The highest BCUT2D eigenvalue weighted by Crippen LogP contribution is 2.33. The molecule has 10 heteroatoms. The van der Waals surface area contributed by atoms with E-state index in [1.807, 2.05) is 31.2 Å². The van der Waals surface area contributed by atoms with Gasteiger partial charge in [0, 0.05) is 34.2 Å². The molecule has 1 amide bonds. The van der Waals surface area contributed by atoms with Crippen LogP contribution in [0, 0.1) is 0 Å². The van der Waals surface area contributed by atoms with Crippen LogP contribution in [0.2, 0.25) is 0 Å². The van der Waals surface area contributed by atoms with E-state index in [0.717, 1.165) is 22.0 Å². The maximum Gasteiger partial charge on any atom is 0.320 e. The summed E-state index contributed by atoms with van der Waals surface area (Å²) in [5.41, 5.74) is 2.00. The van der Waals surface area contributed by atoms with Crippen LogP contribution in [-0.4, -0.2) is 60.6 Å². The van der Waals surface area contributed by atoms with Crippen molar-refractivity contribution in [3.8, 4) is 5.75 Å². The maximum atomic E-state index is 12.6. The molecule has 0 spiro atoms. The van der Waals surface area contributed by atoms with Crippen molar-refractivity contribution < 1.29 is 19.1 Å². The molecule has 0 bridgehead atoms. The van der Waals surface area contributed by atoms with Crippen LogP contribution in [-0.2, 0) is 14.3 Å². The first-order valence-corrected chi connectivity index (χ1v) is 11.9. The molecule has 0 atom stereocenters. The van der Waals surface area contributed by atoms with Crippen LogP contribution in [0.15, 0.2) is 59.4 Å². The van der Waals surface area contributed by atoms with Gasteiger partial charge >= 0.3 is 5.97 Å². The summed E-state index contributed by atoms with van der Waals surface area (Å²) in [5, 5.41) is 6.85. The molecule has 0 aliphatic carbocycles. The number of carbonyl (C=O) groups is 2. The van der Waals surface area contributed by atoms with Gasteiger partial charge in [-0.15, -0.1) is 0 Å². The summed E-state index contributed by atoms with van der Waals surface area (Å²) in [7, 11) is 3.31. The number of carbonyl (C=O) groups excluding carboxylic acids is 2. The van der Waals surface area contributed by atoms with Crippen molar-refractivity contribution in [3.63, 3.8) is 0 Å². The second-order valence-corrected chi connectivity index (χ2v) is 8.65. The monoisotopic (exact) mass is 541 g/mol. The molecule has 0 saturated heterocycles. The zero-order valence-corrected chi connectivity index (χ0v) is 21.5. The van der Waals surface area contributed by atoms with E-state index in [1.54, 1.807) is 30.2 Å². The number of anilines is 3. The number of rotatable bonds is 11. The molecule has 0 saturated carbocycles. The number of benzene rings is 2. The Hall–Kier alpha value is -3.50. The number of nitrogens with zero attached hydrogens (tertiary/aromatic N) is 3. The molecule has 0 unspecified atom stereocenters. The standard InChI is InChI=1S/C25H28BrN5O4/c1-4-11-35-24(33)15-31(2)10-6-9-23(32)30-21-13-19-20(14-22(21)34-3)27-16-28-25(19)29-18-8-5-7-17(26)12-18/h5-9,12-14,16H,4,10-11,15H2,1-3H3,(H,30,32)(H,27,28,29)/b9-6+. The summed E-state index contributed by atoms with van der Waals surface area (Å²) in [6.45, 7) is 2.91. The summed E-state index contributed by atoms with van der Waals surface area (Å²) < 4.78 is 11.5. The number of methoxy groups -OCH3 is 1. The Morgan fingerprint density at radius 2 is 2.03 bits per heavy atom. The summed E-state index contributed by atoms with van der Waals surface area (Å²) in [4.78, 5) is 34.7. The van der Waals surface area contributed by atoms with Gasteiger partial charge in [0.25, 0.3) is 0 Å². The molecule has 2 N–H and O–H groups in total. The third-order valence-corrected chi connectivity index (χ3v) is 5.35. The molecule has 0 radical (unpaired) electrons. The van der Waals surface area contributed by atoms with Crippen LogP contribution in [0.4, 0.5) is 17.2 Å². The first-order valence-electron chi connectivity index (χ1n) is 11.1. The molecule has 1 aromatic heterocycles. The van der Waals surface area contributed by atoms with E-state index in [-0.39, 0.29) is 18.4 Å². The molecule has 3 rings (SSSR count). The van der Waals surface area contributed by atoms with E-state index in [9.17, 15) is 9.59 Å². The number of nitrogens with one attached hydrogen (secondary N) is 2. The van der Waals surface area contributed by atoms with Crippen LogP contribution in [0.3, 0.4) is 0 Å². The van der Waals surface area contributed by atoms with E-state index in [0.29, 0.717) is 35.9 Å². The summed E-state index contributed by atoms with van der Waals surface area (Å²) in [6.07, 6.45) is 5.35. The lowest BCUT2D eigenvalue weighted by molar-refractivity contribution is -0.144. The molecule has 0 aliphatic rings. The number of hydrogen-bond acceptors (Lipinski definition) is 8. The molecule has 1 heterocycles. The Bertz CT molecular complexity index is 1220. The fourth-order valence-electron chi connectivity index (χ4n) is 3.21. The van der Waals surface area contributed by atoms with Gasteiger partial charge in [0.1, 0.15) is 17.9 Å². The van der Waals surface area contributed by atoms with E-state index < -0.39 is 0 Å². The Labute approximate surface area is 212 Å². The molecule has 9 nitrogen and oxygen atoms in total. The average molecular weight is 542 g/mol. The molecule has 0 aliphatic heterocycles. The van der Waals surface area contributed by atoms with Crippen molar-refractivity contribution in [2.24, 2.45) is 0 Å². The predicted molar refractivity (Wildman–Crippen MR) is 140 cm³/mol. The van der Waals surface area contributed by atoms with Crippen molar-refractivity contribution >= 4 is 55.9 Å².